The maximum atomic E-state index is 12.5. The molecule has 0 bridgehead atoms. The quantitative estimate of drug-likeness (QED) is 0.454. The molecule has 160 valence electrons. The largest absolute Gasteiger partial charge is 0.480 e. The minimum atomic E-state index is -1.16. The van der Waals surface area contributed by atoms with Crippen LogP contribution in [0.5, 0.6) is 0 Å². The molecule has 0 unspecified atom stereocenters. The van der Waals surface area contributed by atoms with Crippen LogP contribution in [0.3, 0.4) is 0 Å². The van der Waals surface area contributed by atoms with E-state index in [1.807, 2.05) is 60.7 Å². The summed E-state index contributed by atoms with van der Waals surface area (Å²) < 4.78 is 11.2. The second-order valence-electron chi connectivity index (χ2n) is 7.82. The van der Waals surface area contributed by atoms with Crippen molar-refractivity contribution >= 4 is 23.0 Å². The van der Waals surface area contributed by atoms with E-state index in [2.05, 4.69) is 17.4 Å². The predicted molar refractivity (Wildman–Crippen MR) is 120 cm³/mol. The lowest BCUT2D eigenvalue weighted by molar-refractivity contribution is -0.139. The van der Waals surface area contributed by atoms with Crippen LogP contribution in [0.4, 0.5) is 4.79 Å². The maximum absolute atomic E-state index is 12.5. The van der Waals surface area contributed by atoms with Gasteiger partial charge in [-0.3, -0.25) is 0 Å². The molecule has 0 fully saturated rings. The Morgan fingerprint density at radius 1 is 0.938 bits per heavy atom. The molecule has 2 N–H and O–H groups in total. The fourth-order valence-corrected chi connectivity index (χ4v) is 4.32. The zero-order chi connectivity index (χ0) is 22.1. The number of amides is 1. The second-order valence-corrected chi connectivity index (χ2v) is 7.82. The van der Waals surface area contributed by atoms with Gasteiger partial charge in [0.05, 0.1) is 0 Å². The highest BCUT2D eigenvalue weighted by Gasteiger charge is 2.30. The lowest BCUT2D eigenvalue weighted by Gasteiger charge is -2.17. The highest BCUT2D eigenvalue weighted by Crippen LogP contribution is 2.44. The Bertz CT molecular complexity index is 1230. The van der Waals surface area contributed by atoms with E-state index in [1.165, 1.54) is 0 Å². The summed E-state index contributed by atoms with van der Waals surface area (Å²) in [5.41, 5.74) is 5.13. The SMILES string of the molecule is O=C(N[C@H](Cc1cc2ccccc2o1)C(=O)O)OCC1c2ccccc2-c2ccccc21. The molecule has 6 heteroatoms. The van der Waals surface area contributed by atoms with E-state index in [0.29, 0.717) is 11.3 Å². The van der Waals surface area contributed by atoms with Gasteiger partial charge in [0.25, 0.3) is 0 Å². The van der Waals surface area contributed by atoms with Gasteiger partial charge in [-0.05, 0) is 34.4 Å². The monoisotopic (exact) mass is 427 g/mol. The van der Waals surface area contributed by atoms with Gasteiger partial charge >= 0.3 is 12.1 Å². The lowest BCUT2D eigenvalue weighted by atomic mass is 9.98. The Balaban J connectivity index is 1.27. The number of fused-ring (bicyclic) bond motifs is 4. The van der Waals surface area contributed by atoms with E-state index in [1.54, 1.807) is 6.07 Å². The van der Waals surface area contributed by atoms with Gasteiger partial charge in [-0.2, -0.15) is 0 Å². The number of rotatable bonds is 6. The van der Waals surface area contributed by atoms with Gasteiger partial charge in [0.15, 0.2) is 0 Å². The van der Waals surface area contributed by atoms with Gasteiger partial charge in [-0.15, -0.1) is 0 Å². The molecule has 1 aliphatic rings. The molecular weight excluding hydrogens is 406 g/mol. The van der Waals surface area contributed by atoms with Gasteiger partial charge in [-0.25, -0.2) is 9.59 Å². The summed E-state index contributed by atoms with van der Waals surface area (Å²) in [5, 5.41) is 12.9. The van der Waals surface area contributed by atoms with Crippen molar-refractivity contribution in [2.75, 3.05) is 6.61 Å². The number of hydrogen-bond acceptors (Lipinski definition) is 4. The van der Waals surface area contributed by atoms with Crippen LogP contribution in [0.15, 0.2) is 83.3 Å². The average Bonchev–Trinajstić information content (AvgIpc) is 3.35. The van der Waals surface area contributed by atoms with E-state index in [0.717, 1.165) is 27.6 Å². The van der Waals surface area contributed by atoms with Crippen molar-refractivity contribution in [3.05, 3.63) is 95.7 Å². The van der Waals surface area contributed by atoms with Crippen molar-refractivity contribution in [1.29, 1.82) is 0 Å². The lowest BCUT2D eigenvalue weighted by Crippen LogP contribution is -2.42. The molecule has 0 spiro atoms. The summed E-state index contributed by atoms with van der Waals surface area (Å²) in [7, 11) is 0. The van der Waals surface area contributed by atoms with Gasteiger partial charge in [0.2, 0.25) is 0 Å². The molecule has 0 radical (unpaired) electrons. The summed E-state index contributed by atoms with van der Waals surface area (Å²) in [5.74, 6) is -0.761. The van der Waals surface area contributed by atoms with E-state index in [-0.39, 0.29) is 18.9 Å². The fraction of sp³-hybridized carbons (Fsp3) is 0.154. The number of ether oxygens (including phenoxy) is 1. The Labute approximate surface area is 184 Å². The van der Waals surface area contributed by atoms with Crippen LogP contribution in [-0.4, -0.2) is 29.8 Å². The molecule has 1 aromatic heterocycles. The van der Waals surface area contributed by atoms with Crippen LogP contribution in [0.25, 0.3) is 22.1 Å². The van der Waals surface area contributed by atoms with Crippen molar-refractivity contribution in [3.63, 3.8) is 0 Å². The molecule has 0 saturated carbocycles. The Kier molecular flexibility index (Phi) is 5.11. The minimum absolute atomic E-state index is 0.0220. The molecule has 4 aromatic rings. The second kappa shape index (κ2) is 8.23. The van der Waals surface area contributed by atoms with Crippen LogP contribution in [0.2, 0.25) is 0 Å². The summed E-state index contributed by atoms with van der Waals surface area (Å²) in [4.78, 5) is 24.2. The first-order chi connectivity index (χ1) is 15.6. The van der Waals surface area contributed by atoms with E-state index in [4.69, 9.17) is 9.15 Å². The normalized spacial score (nSPS) is 13.4. The number of para-hydroxylation sites is 1. The topological polar surface area (TPSA) is 88.8 Å². The molecule has 1 heterocycles. The molecule has 0 aliphatic heterocycles. The molecule has 5 rings (SSSR count). The number of hydrogen-bond donors (Lipinski definition) is 2. The molecule has 1 atom stereocenters. The Hall–Kier alpha value is -4.06. The number of carboxylic acids is 1. The Morgan fingerprint density at radius 3 is 2.22 bits per heavy atom. The average molecular weight is 427 g/mol. The molecule has 3 aromatic carbocycles. The third-order valence-electron chi connectivity index (χ3n) is 5.82. The molecule has 6 nitrogen and oxygen atoms in total. The van der Waals surface area contributed by atoms with Crippen LogP contribution < -0.4 is 5.32 Å². The van der Waals surface area contributed by atoms with Gasteiger partial charge in [0, 0.05) is 17.7 Å². The van der Waals surface area contributed by atoms with Crippen molar-refractivity contribution in [3.8, 4) is 11.1 Å². The number of alkyl carbamates (subject to hydrolysis) is 1. The number of carbonyl (C=O) groups is 2. The maximum Gasteiger partial charge on any atom is 0.407 e. The highest BCUT2D eigenvalue weighted by atomic mass is 16.5. The van der Waals surface area contributed by atoms with E-state index >= 15 is 0 Å². The third kappa shape index (κ3) is 3.71. The van der Waals surface area contributed by atoms with Crippen LogP contribution in [-0.2, 0) is 16.0 Å². The van der Waals surface area contributed by atoms with Crippen molar-refractivity contribution in [2.45, 2.75) is 18.4 Å². The fourth-order valence-electron chi connectivity index (χ4n) is 4.32. The number of furan rings is 1. The highest BCUT2D eigenvalue weighted by molar-refractivity contribution is 5.82. The zero-order valence-corrected chi connectivity index (χ0v) is 17.2. The smallest absolute Gasteiger partial charge is 0.407 e. The predicted octanol–water partition coefficient (Wildman–Crippen LogP) is 4.97. The summed E-state index contributed by atoms with van der Waals surface area (Å²) >= 11 is 0. The van der Waals surface area contributed by atoms with Gasteiger partial charge in [-0.1, -0.05) is 66.7 Å². The number of aliphatic carboxylic acids is 1. The molecule has 0 saturated heterocycles. The van der Waals surface area contributed by atoms with E-state index < -0.39 is 18.1 Å². The summed E-state index contributed by atoms with van der Waals surface area (Å²) in [6.07, 6.45) is -0.746. The minimum Gasteiger partial charge on any atom is -0.480 e. The summed E-state index contributed by atoms with van der Waals surface area (Å²) in [6.45, 7) is 0.122. The molecule has 32 heavy (non-hydrogen) atoms. The van der Waals surface area contributed by atoms with Crippen LogP contribution >= 0.6 is 0 Å². The molecule has 1 amide bonds. The first-order valence-electron chi connectivity index (χ1n) is 10.4. The van der Waals surface area contributed by atoms with Crippen molar-refractivity contribution in [2.24, 2.45) is 0 Å². The molecular formula is C26H21NO5. The first-order valence-corrected chi connectivity index (χ1v) is 10.4. The standard InChI is InChI=1S/C26H21NO5/c28-25(29)23(14-17-13-16-7-1-6-12-24(16)32-17)27-26(30)31-15-22-20-10-4-2-8-18(20)19-9-3-5-11-21(19)22/h1-13,22-23H,14-15H2,(H,27,30)(H,28,29)/t23-/m1/s1. The van der Waals surface area contributed by atoms with Gasteiger partial charge < -0.3 is 19.6 Å². The third-order valence-corrected chi connectivity index (χ3v) is 5.82. The van der Waals surface area contributed by atoms with Crippen molar-refractivity contribution in [1.82, 2.24) is 5.32 Å². The zero-order valence-electron chi connectivity index (χ0n) is 17.2. The number of carboxylic acid groups (broad SMARTS) is 1. The molecule has 1 aliphatic carbocycles. The number of benzene rings is 3. The number of nitrogens with one attached hydrogen (secondary N) is 1. The van der Waals surface area contributed by atoms with E-state index in [9.17, 15) is 14.7 Å². The van der Waals surface area contributed by atoms with Crippen LogP contribution in [0, 0.1) is 0 Å². The van der Waals surface area contributed by atoms with Crippen LogP contribution in [0.1, 0.15) is 22.8 Å². The summed E-state index contributed by atoms with van der Waals surface area (Å²) in [6, 6.07) is 24.1. The first kappa shape index (κ1) is 19.9. The Morgan fingerprint density at radius 2 is 1.56 bits per heavy atom. The van der Waals surface area contributed by atoms with Gasteiger partial charge in [0.1, 0.15) is 24.0 Å². The van der Waals surface area contributed by atoms with Crippen molar-refractivity contribution < 1.29 is 23.8 Å². The number of carbonyl (C=O) groups excluding carboxylic acids is 1.